The molecule has 1 unspecified atom stereocenters. The molecule has 0 amide bonds. The summed E-state index contributed by atoms with van der Waals surface area (Å²) in [4.78, 5) is 2.43. The van der Waals surface area contributed by atoms with Gasteiger partial charge in [-0.05, 0) is 64.7 Å². The average Bonchev–Trinajstić information content (AvgIpc) is 2.23. The fourth-order valence-electron chi connectivity index (χ4n) is 2.28. The number of hydrogen-bond acceptors (Lipinski definition) is 3. The van der Waals surface area contributed by atoms with Gasteiger partial charge in [0.15, 0.2) is 0 Å². The van der Waals surface area contributed by atoms with Gasteiger partial charge in [-0.3, -0.25) is 0 Å². The summed E-state index contributed by atoms with van der Waals surface area (Å²) in [6.07, 6.45) is 6.03. The van der Waals surface area contributed by atoms with E-state index in [9.17, 15) is 0 Å². The molecule has 0 aliphatic carbocycles. The van der Waals surface area contributed by atoms with Gasteiger partial charge in [-0.2, -0.15) is 0 Å². The number of rotatable bonds is 7. The Balaban J connectivity index is 1.90. The maximum Gasteiger partial charge on any atom is 0.0431 e. The van der Waals surface area contributed by atoms with Gasteiger partial charge in [0.1, 0.15) is 0 Å². The quantitative estimate of drug-likeness (QED) is 0.623. The second-order valence-electron chi connectivity index (χ2n) is 4.76. The molecule has 1 saturated heterocycles. The Hall–Kier alpha value is -0.120. The van der Waals surface area contributed by atoms with E-state index in [2.05, 4.69) is 17.3 Å². The molecule has 1 fully saturated rings. The Morgan fingerprint density at radius 1 is 1.33 bits per heavy atom. The molecule has 15 heavy (non-hydrogen) atoms. The molecule has 3 heteroatoms. The number of aliphatic hydroxyl groups excluding tert-OH is 1. The predicted octanol–water partition coefficient (Wildman–Crippen LogP) is 1.08. The smallest absolute Gasteiger partial charge is 0.0431 e. The highest BCUT2D eigenvalue weighted by atomic mass is 16.2. The Morgan fingerprint density at radius 2 is 2.20 bits per heavy atom. The van der Waals surface area contributed by atoms with Crippen LogP contribution in [0, 0.1) is 5.92 Å². The molecule has 1 aliphatic rings. The van der Waals surface area contributed by atoms with E-state index in [1.165, 1.54) is 38.9 Å². The van der Waals surface area contributed by atoms with Crippen LogP contribution < -0.4 is 5.32 Å². The highest BCUT2D eigenvalue weighted by molar-refractivity contribution is 4.72. The van der Waals surface area contributed by atoms with Gasteiger partial charge in [-0.25, -0.2) is 0 Å². The van der Waals surface area contributed by atoms with Crippen molar-refractivity contribution in [3.8, 4) is 0 Å². The van der Waals surface area contributed by atoms with Crippen molar-refractivity contribution in [1.29, 1.82) is 0 Å². The standard InChI is InChI=1S/C12H26N2O/c1-14-8-5-6-12(11-14)10-13-7-3-2-4-9-15/h12-13,15H,2-11H2,1H3. The minimum absolute atomic E-state index is 0.341. The van der Waals surface area contributed by atoms with Crippen molar-refractivity contribution in [2.75, 3.05) is 39.8 Å². The Morgan fingerprint density at radius 3 is 2.93 bits per heavy atom. The maximum atomic E-state index is 8.63. The molecule has 0 aromatic rings. The number of piperidine rings is 1. The van der Waals surface area contributed by atoms with Crippen molar-refractivity contribution >= 4 is 0 Å². The first-order valence-corrected chi connectivity index (χ1v) is 6.33. The van der Waals surface area contributed by atoms with Gasteiger partial charge in [0.05, 0.1) is 0 Å². The minimum atomic E-state index is 0.341. The van der Waals surface area contributed by atoms with Crippen LogP contribution in [0.1, 0.15) is 32.1 Å². The van der Waals surface area contributed by atoms with Crippen LogP contribution in [0.3, 0.4) is 0 Å². The summed E-state index contributed by atoms with van der Waals surface area (Å²) in [7, 11) is 2.22. The molecule has 2 N–H and O–H groups in total. The van der Waals surface area contributed by atoms with Gasteiger partial charge < -0.3 is 15.3 Å². The molecule has 90 valence electrons. The van der Waals surface area contributed by atoms with Gasteiger partial charge in [0, 0.05) is 13.2 Å². The fraction of sp³-hybridized carbons (Fsp3) is 1.00. The van der Waals surface area contributed by atoms with Crippen LogP contribution in [0.2, 0.25) is 0 Å². The third kappa shape index (κ3) is 6.13. The van der Waals surface area contributed by atoms with Crippen molar-refractivity contribution < 1.29 is 5.11 Å². The van der Waals surface area contributed by atoms with E-state index in [1.54, 1.807) is 0 Å². The first-order valence-electron chi connectivity index (χ1n) is 6.33. The van der Waals surface area contributed by atoms with E-state index in [0.717, 1.165) is 25.3 Å². The minimum Gasteiger partial charge on any atom is -0.396 e. The van der Waals surface area contributed by atoms with E-state index in [4.69, 9.17) is 5.11 Å². The lowest BCUT2D eigenvalue weighted by atomic mass is 9.98. The summed E-state index contributed by atoms with van der Waals surface area (Å²) in [6, 6.07) is 0. The summed E-state index contributed by atoms with van der Waals surface area (Å²) < 4.78 is 0. The van der Waals surface area contributed by atoms with Crippen LogP contribution >= 0.6 is 0 Å². The third-order valence-corrected chi connectivity index (χ3v) is 3.17. The molecule has 0 saturated carbocycles. The average molecular weight is 214 g/mol. The summed E-state index contributed by atoms with van der Waals surface area (Å²) in [6.45, 7) is 5.15. The molecule has 1 rings (SSSR count). The third-order valence-electron chi connectivity index (χ3n) is 3.17. The Kier molecular flexibility index (Phi) is 6.98. The van der Waals surface area contributed by atoms with Gasteiger partial charge in [0.2, 0.25) is 0 Å². The van der Waals surface area contributed by atoms with Gasteiger partial charge in [0.25, 0.3) is 0 Å². The van der Waals surface area contributed by atoms with Crippen molar-refractivity contribution in [2.24, 2.45) is 5.92 Å². The summed E-state index contributed by atoms with van der Waals surface area (Å²) in [5.74, 6) is 0.849. The summed E-state index contributed by atoms with van der Waals surface area (Å²) in [5.41, 5.74) is 0. The molecule has 0 aromatic heterocycles. The van der Waals surface area contributed by atoms with Crippen molar-refractivity contribution in [3.05, 3.63) is 0 Å². The fourth-order valence-corrected chi connectivity index (χ4v) is 2.28. The molecular weight excluding hydrogens is 188 g/mol. The van der Waals surface area contributed by atoms with E-state index in [0.29, 0.717) is 6.61 Å². The number of hydrogen-bond donors (Lipinski definition) is 2. The Bertz CT molecular complexity index is 153. The number of likely N-dealkylation sites (tertiary alicyclic amines) is 1. The van der Waals surface area contributed by atoms with Crippen LogP contribution in [0.15, 0.2) is 0 Å². The molecule has 0 radical (unpaired) electrons. The van der Waals surface area contributed by atoms with E-state index < -0.39 is 0 Å². The van der Waals surface area contributed by atoms with Gasteiger partial charge >= 0.3 is 0 Å². The van der Waals surface area contributed by atoms with Crippen LogP contribution in [-0.2, 0) is 0 Å². The van der Waals surface area contributed by atoms with Crippen LogP contribution in [0.4, 0.5) is 0 Å². The topological polar surface area (TPSA) is 35.5 Å². The molecular formula is C12H26N2O. The maximum absolute atomic E-state index is 8.63. The van der Waals surface area contributed by atoms with E-state index in [1.807, 2.05) is 0 Å². The summed E-state index contributed by atoms with van der Waals surface area (Å²) >= 11 is 0. The highest BCUT2D eigenvalue weighted by Gasteiger charge is 2.15. The lowest BCUT2D eigenvalue weighted by molar-refractivity contribution is 0.206. The lowest BCUT2D eigenvalue weighted by Crippen LogP contribution is -2.37. The Labute approximate surface area is 93.9 Å². The first-order chi connectivity index (χ1) is 7.33. The molecule has 1 atom stereocenters. The number of nitrogens with zero attached hydrogens (tertiary/aromatic N) is 1. The molecule has 0 bridgehead atoms. The van der Waals surface area contributed by atoms with E-state index in [-0.39, 0.29) is 0 Å². The van der Waals surface area contributed by atoms with Crippen molar-refractivity contribution in [2.45, 2.75) is 32.1 Å². The zero-order valence-electron chi connectivity index (χ0n) is 10.0. The van der Waals surface area contributed by atoms with Gasteiger partial charge in [-0.15, -0.1) is 0 Å². The molecule has 0 aromatic carbocycles. The van der Waals surface area contributed by atoms with Crippen molar-refractivity contribution in [3.63, 3.8) is 0 Å². The van der Waals surface area contributed by atoms with Crippen LogP contribution in [-0.4, -0.2) is 49.8 Å². The summed E-state index contributed by atoms with van der Waals surface area (Å²) in [5, 5.41) is 12.2. The first kappa shape index (κ1) is 12.9. The van der Waals surface area contributed by atoms with Crippen LogP contribution in [0.25, 0.3) is 0 Å². The molecule has 1 aliphatic heterocycles. The van der Waals surface area contributed by atoms with Crippen molar-refractivity contribution in [1.82, 2.24) is 10.2 Å². The largest absolute Gasteiger partial charge is 0.396 e. The zero-order valence-corrected chi connectivity index (χ0v) is 10.0. The molecule has 3 nitrogen and oxygen atoms in total. The van der Waals surface area contributed by atoms with Crippen LogP contribution in [0.5, 0.6) is 0 Å². The lowest BCUT2D eigenvalue weighted by Gasteiger charge is -2.29. The second-order valence-corrected chi connectivity index (χ2v) is 4.76. The number of unbranched alkanes of at least 4 members (excludes halogenated alkanes) is 2. The SMILES string of the molecule is CN1CCCC(CNCCCCCO)C1. The normalized spacial score (nSPS) is 23.2. The monoisotopic (exact) mass is 214 g/mol. The molecule has 0 spiro atoms. The van der Waals surface area contributed by atoms with E-state index >= 15 is 0 Å². The number of aliphatic hydroxyl groups is 1. The molecule has 1 heterocycles. The number of nitrogens with one attached hydrogen (secondary N) is 1. The highest BCUT2D eigenvalue weighted by Crippen LogP contribution is 2.13. The second kappa shape index (κ2) is 8.08. The predicted molar refractivity (Wildman–Crippen MR) is 64.0 cm³/mol. The van der Waals surface area contributed by atoms with Gasteiger partial charge in [-0.1, -0.05) is 0 Å². The zero-order chi connectivity index (χ0) is 10.9.